The van der Waals surface area contributed by atoms with E-state index in [9.17, 15) is 0 Å². The molecule has 17 heavy (non-hydrogen) atoms. The van der Waals surface area contributed by atoms with Crippen LogP contribution in [0.15, 0.2) is 18.2 Å². The molecular formula is C14H21NO2. The molecule has 2 rings (SSSR count). The maximum Gasteiger partial charge on any atom is 0.0607 e. The smallest absolute Gasteiger partial charge is 0.0607 e. The number of hydrogen-bond acceptors (Lipinski definition) is 3. The first kappa shape index (κ1) is 12.6. The van der Waals surface area contributed by atoms with Crippen molar-refractivity contribution in [2.45, 2.75) is 31.7 Å². The zero-order valence-electron chi connectivity index (χ0n) is 10.2. The number of aliphatic hydroxyl groups is 2. The molecule has 0 heterocycles. The highest BCUT2D eigenvalue weighted by atomic mass is 16.3. The first-order chi connectivity index (χ1) is 8.33. The maximum absolute atomic E-state index is 8.93. The lowest BCUT2D eigenvalue weighted by molar-refractivity contribution is 0.171. The van der Waals surface area contributed by atoms with Gasteiger partial charge in [-0.1, -0.05) is 18.2 Å². The van der Waals surface area contributed by atoms with E-state index in [1.165, 1.54) is 36.0 Å². The van der Waals surface area contributed by atoms with Crippen LogP contribution in [-0.2, 0) is 19.3 Å². The summed E-state index contributed by atoms with van der Waals surface area (Å²) in [6.07, 6.45) is 4.68. The van der Waals surface area contributed by atoms with Crippen molar-refractivity contribution < 1.29 is 10.2 Å². The molecule has 3 nitrogen and oxygen atoms in total. The molecule has 0 saturated carbocycles. The molecule has 94 valence electrons. The standard InChI is InChI=1S/C14H21NO2/c16-9-14(10-17)15-7-6-11-4-5-12-2-1-3-13(12)8-11/h4-5,8,14-17H,1-3,6-7,9-10H2. The predicted octanol–water partition coefficient (Wildman–Crippen LogP) is 0.661. The third-order valence-corrected chi connectivity index (χ3v) is 3.45. The Kier molecular flexibility index (Phi) is 4.54. The molecule has 0 amide bonds. The number of benzene rings is 1. The third-order valence-electron chi connectivity index (χ3n) is 3.45. The Morgan fingerprint density at radius 2 is 1.88 bits per heavy atom. The molecule has 0 unspecified atom stereocenters. The van der Waals surface area contributed by atoms with Gasteiger partial charge < -0.3 is 15.5 Å². The van der Waals surface area contributed by atoms with E-state index in [-0.39, 0.29) is 19.3 Å². The lowest BCUT2D eigenvalue weighted by Crippen LogP contribution is -2.36. The lowest BCUT2D eigenvalue weighted by Gasteiger charge is -2.13. The molecule has 0 radical (unpaired) electrons. The van der Waals surface area contributed by atoms with Crippen LogP contribution in [-0.4, -0.2) is 36.0 Å². The minimum atomic E-state index is -0.190. The molecule has 3 N–H and O–H groups in total. The molecule has 0 spiro atoms. The van der Waals surface area contributed by atoms with Crippen LogP contribution in [0.3, 0.4) is 0 Å². The van der Waals surface area contributed by atoms with Crippen molar-refractivity contribution in [3.05, 3.63) is 34.9 Å². The average molecular weight is 235 g/mol. The zero-order chi connectivity index (χ0) is 12.1. The van der Waals surface area contributed by atoms with Crippen LogP contribution in [0.1, 0.15) is 23.1 Å². The van der Waals surface area contributed by atoms with E-state index in [0.717, 1.165) is 13.0 Å². The van der Waals surface area contributed by atoms with Crippen LogP contribution in [0.4, 0.5) is 0 Å². The molecule has 0 fully saturated rings. The number of nitrogens with one attached hydrogen (secondary N) is 1. The zero-order valence-corrected chi connectivity index (χ0v) is 10.2. The van der Waals surface area contributed by atoms with Gasteiger partial charge in [0, 0.05) is 0 Å². The Morgan fingerprint density at radius 3 is 2.65 bits per heavy atom. The normalized spacial score (nSPS) is 14.3. The molecule has 0 aliphatic heterocycles. The van der Waals surface area contributed by atoms with Crippen LogP contribution in [0, 0.1) is 0 Å². The van der Waals surface area contributed by atoms with Gasteiger partial charge in [0.25, 0.3) is 0 Å². The van der Waals surface area contributed by atoms with Crippen molar-refractivity contribution in [2.75, 3.05) is 19.8 Å². The van der Waals surface area contributed by atoms with Gasteiger partial charge in [0.2, 0.25) is 0 Å². The molecule has 1 aromatic carbocycles. The van der Waals surface area contributed by atoms with Gasteiger partial charge in [-0.3, -0.25) is 0 Å². The summed E-state index contributed by atoms with van der Waals surface area (Å²) in [6.45, 7) is 0.770. The van der Waals surface area contributed by atoms with Crippen molar-refractivity contribution in [1.29, 1.82) is 0 Å². The molecule has 1 aliphatic rings. The van der Waals surface area contributed by atoms with Gasteiger partial charge in [-0.05, 0) is 48.9 Å². The summed E-state index contributed by atoms with van der Waals surface area (Å²) in [5.74, 6) is 0. The van der Waals surface area contributed by atoms with E-state index in [0.29, 0.717) is 0 Å². The summed E-state index contributed by atoms with van der Waals surface area (Å²) < 4.78 is 0. The van der Waals surface area contributed by atoms with Crippen molar-refractivity contribution in [2.24, 2.45) is 0 Å². The minimum Gasteiger partial charge on any atom is -0.395 e. The highest BCUT2D eigenvalue weighted by Gasteiger charge is 2.10. The van der Waals surface area contributed by atoms with Gasteiger partial charge in [-0.15, -0.1) is 0 Å². The number of aliphatic hydroxyl groups excluding tert-OH is 2. The van der Waals surface area contributed by atoms with Crippen molar-refractivity contribution in [1.82, 2.24) is 5.32 Å². The van der Waals surface area contributed by atoms with Crippen LogP contribution in [0.25, 0.3) is 0 Å². The van der Waals surface area contributed by atoms with E-state index in [2.05, 4.69) is 23.5 Å². The summed E-state index contributed by atoms with van der Waals surface area (Å²) in [6, 6.07) is 6.55. The maximum atomic E-state index is 8.93. The largest absolute Gasteiger partial charge is 0.395 e. The van der Waals surface area contributed by atoms with Crippen LogP contribution in [0.2, 0.25) is 0 Å². The van der Waals surface area contributed by atoms with Crippen LogP contribution >= 0.6 is 0 Å². The second-order valence-electron chi connectivity index (χ2n) is 4.72. The van der Waals surface area contributed by atoms with Gasteiger partial charge >= 0.3 is 0 Å². The molecule has 1 aromatic rings. The quantitative estimate of drug-likeness (QED) is 0.679. The molecule has 0 aromatic heterocycles. The van der Waals surface area contributed by atoms with Gasteiger partial charge in [-0.2, -0.15) is 0 Å². The van der Waals surface area contributed by atoms with Gasteiger partial charge in [0.1, 0.15) is 0 Å². The van der Waals surface area contributed by atoms with E-state index >= 15 is 0 Å². The van der Waals surface area contributed by atoms with E-state index in [1.54, 1.807) is 0 Å². The Bertz CT molecular complexity index is 361. The lowest BCUT2D eigenvalue weighted by atomic mass is 10.0. The summed E-state index contributed by atoms with van der Waals surface area (Å²) >= 11 is 0. The molecule has 0 saturated heterocycles. The Morgan fingerprint density at radius 1 is 1.12 bits per heavy atom. The fourth-order valence-electron chi connectivity index (χ4n) is 2.39. The fourth-order valence-corrected chi connectivity index (χ4v) is 2.39. The monoisotopic (exact) mass is 235 g/mol. The first-order valence-corrected chi connectivity index (χ1v) is 6.39. The van der Waals surface area contributed by atoms with Crippen molar-refractivity contribution in [3.8, 4) is 0 Å². The topological polar surface area (TPSA) is 52.5 Å². The molecule has 0 atom stereocenters. The second-order valence-corrected chi connectivity index (χ2v) is 4.72. The van der Waals surface area contributed by atoms with Crippen LogP contribution < -0.4 is 5.32 Å². The number of fused-ring (bicyclic) bond motifs is 1. The fraction of sp³-hybridized carbons (Fsp3) is 0.571. The Labute approximate surface area is 102 Å². The van der Waals surface area contributed by atoms with Gasteiger partial charge in [0.15, 0.2) is 0 Å². The van der Waals surface area contributed by atoms with E-state index < -0.39 is 0 Å². The average Bonchev–Trinajstić information content (AvgIpc) is 2.82. The van der Waals surface area contributed by atoms with Crippen LogP contribution in [0.5, 0.6) is 0 Å². The number of rotatable bonds is 6. The van der Waals surface area contributed by atoms with Crippen molar-refractivity contribution in [3.63, 3.8) is 0 Å². The molecule has 1 aliphatic carbocycles. The predicted molar refractivity (Wildman–Crippen MR) is 68.1 cm³/mol. The highest BCUT2D eigenvalue weighted by Crippen LogP contribution is 2.22. The third kappa shape index (κ3) is 3.28. The second kappa shape index (κ2) is 6.15. The SMILES string of the molecule is OCC(CO)NCCc1ccc2c(c1)CCC2. The number of aryl methyl sites for hydroxylation is 2. The summed E-state index contributed by atoms with van der Waals surface area (Å²) in [7, 11) is 0. The minimum absolute atomic E-state index is 0.0132. The highest BCUT2D eigenvalue weighted by molar-refractivity contribution is 5.35. The van der Waals surface area contributed by atoms with E-state index in [4.69, 9.17) is 10.2 Å². The molecule has 3 heteroatoms. The summed E-state index contributed by atoms with van der Waals surface area (Å²) in [5.41, 5.74) is 4.35. The van der Waals surface area contributed by atoms with E-state index in [1.807, 2.05) is 0 Å². The summed E-state index contributed by atoms with van der Waals surface area (Å²) in [4.78, 5) is 0. The van der Waals surface area contributed by atoms with Gasteiger partial charge in [0.05, 0.1) is 19.3 Å². The number of hydrogen-bond donors (Lipinski definition) is 3. The molecule has 0 bridgehead atoms. The Hall–Kier alpha value is -0.900. The summed E-state index contributed by atoms with van der Waals surface area (Å²) in [5, 5.41) is 21.0. The van der Waals surface area contributed by atoms with Crippen molar-refractivity contribution >= 4 is 0 Å². The first-order valence-electron chi connectivity index (χ1n) is 6.39. The van der Waals surface area contributed by atoms with Gasteiger partial charge in [-0.25, -0.2) is 0 Å². The Balaban J connectivity index is 1.83. The molecular weight excluding hydrogens is 214 g/mol.